The van der Waals surface area contributed by atoms with Gasteiger partial charge in [0.25, 0.3) is 0 Å². The van der Waals surface area contributed by atoms with Gasteiger partial charge >= 0.3 is 5.76 Å². The fourth-order valence-corrected chi connectivity index (χ4v) is 1.72. The SMILES string of the molecule is COc1ccc(Br)cc1-c1oc(=O)[nH]c1O. The lowest BCUT2D eigenvalue weighted by Crippen LogP contribution is -1.93. The third-order valence-electron chi connectivity index (χ3n) is 2.04. The molecule has 2 rings (SSSR count). The van der Waals surface area contributed by atoms with E-state index in [0.29, 0.717) is 11.3 Å². The number of methoxy groups -OCH3 is 1. The van der Waals surface area contributed by atoms with Gasteiger partial charge in [-0.2, -0.15) is 0 Å². The molecule has 0 atom stereocenters. The zero-order valence-corrected chi connectivity index (χ0v) is 9.87. The topological polar surface area (TPSA) is 75.5 Å². The molecule has 1 aromatic heterocycles. The standard InChI is InChI=1S/C10H8BrNO4/c1-15-7-3-2-5(11)4-6(7)8-9(13)12-10(14)16-8/h2-4,13H,1H3,(H,12,14). The second-order valence-electron chi connectivity index (χ2n) is 3.04. The predicted octanol–water partition coefficient (Wildman–Crippen LogP) is 2.11. The first-order chi connectivity index (χ1) is 7.61. The van der Waals surface area contributed by atoms with Crippen molar-refractivity contribution in [2.45, 2.75) is 0 Å². The van der Waals surface area contributed by atoms with Crippen molar-refractivity contribution in [3.8, 4) is 23.0 Å². The normalized spacial score (nSPS) is 10.4. The van der Waals surface area contributed by atoms with Gasteiger partial charge in [0, 0.05) is 4.47 Å². The molecule has 2 aromatic rings. The van der Waals surface area contributed by atoms with Crippen molar-refractivity contribution in [1.29, 1.82) is 0 Å². The Balaban J connectivity index is 2.67. The summed E-state index contributed by atoms with van der Waals surface area (Å²) in [4.78, 5) is 13.1. The Morgan fingerprint density at radius 3 is 2.81 bits per heavy atom. The van der Waals surface area contributed by atoms with Crippen LogP contribution in [0.3, 0.4) is 0 Å². The number of rotatable bonds is 2. The molecular weight excluding hydrogens is 278 g/mol. The van der Waals surface area contributed by atoms with Crippen LogP contribution < -0.4 is 10.5 Å². The van der Waals surface area contributed by atoms with E-state index >= 15 is 0 Å². The number of oxazole rings is 1. The van der Waals surface area contributed by atoms with Gasteiger partial charge in [0.1, 0.15) is 5.75 Å². The largest absolute Gasteiger partial charge is 0.496 e. The first kappa shape index (κ1) is 10.8. The Kier molecular flexibility index (Phi) is 2.74. The molecule has 5 nitrogen and oxygen atoms in total. The van der Waals surface area contributed by atoms with Gasteiger partial charge in [0.05, 0.1) is 12.7 Å². The second-order valence-corrected chi connectivity index (χ2v) is 3.95. The quantitative estimate of drug-likeness (QED) is 0.886. The zero-order valence-electron chi connectivity index (χ0n) is 8.28. The van der Waals surface area contributed by atoms with Gasteiger partial charge in [0.15, 0.2) is 0 Å². The molecule has 16 heavy (non-hydrogen) atoms. The van der Waals surface area contributed by atoms with Crippen LogP contribution in [0, 0.1) is 0 Å². The summed E-state index contributed by atoms with van der Waals surface area (Å²) in [5, 5.41) is 9.48. The van der Waals surface area contributed by atoms with Gasteiger partial charge < -0.3 is 14.3 Å². The summed E-state index contributed by atoms with van der Waals surface area (Å²) in [5.74, 6) is -0.472. The van der Waals surface area contributed by atoms with Crippen LogP contribution in [0.15, 0.2) is 31.9 Å². The number of aromatic nitrogens is 1. The van der Waals surface area contributed by atoms with Gasteiger partial charge in [-0.1, -0.05) is 15.9 Å². The Hall–Kier alpha value is -1.69. The molecule has 0 fully saturated rings. The van der Waals surface area contributed by atoms with E-state index in [9.17, 15) is 9.90 Å². The number of nitrogens with one attached hydrogen (secondary N) is 1. The lowest BCUT2D eigenvalue weighted by Gasteiger charge is -2.06. The monoisotopic (exact) mass is 285 g/mol. The highest BCUT2D eigenvalue weighted by Crippen LogP contribution is 2.35. The Bertz CT molecular complexity index is 572. The summed E-state index contributed by atoms with van der Waals surface area (Å²) in [5.41, 5.74) is 0.493. The molecule has 0 bridgehead atoms. The summed E-state index contributed by atoms with van der Waals surface area (Å²) in [7, 11) is 1.49. The first-order valence-electron chi connectivity index (χ1n) is 4.38. The number of H-pyrrole nitrogens is 1. The fourth-order valence-electron chi connectivity index (χ4n) is 1.36. The number of benzene rings is 1. The summed E-state index contributed by atoms with van der Waals surface area (Å²) < 4.78 is 10.7. The smallest absolute Gasteiger partial charge is 0.419 e. The van der Waals surface area contributed by atoms with Crippen molar-refractivity contribution < 1.29 is 14.3 Å². The highest BCUT2D eigenvalue weighted by Gasteiger charge is 2.16. The van der Waals surface area contributed by atoms with Crippen molar-refractivity contribution >= 4 is 15.9 Å². The van der Waals surface area contributed by atoms with Crippen LogP contribution >= 0.6 is 15.9 Å². The summed E-state index contributed by atoms with van der Waals surface area (Å²) in [6.07, 6.45) is 0. The molecule has 0 amide bonds. The molecule has 1 heterocycles. The molecule has 2 N–H and O–H groups in total. The van der Waals surface area contributed by atoms with Gasteiger partial charge in [-0.05, 0) is 18.2 Å². The Morgan fingerprint density at radius 1 is 1.50 bits per heavy atom. The van der Waals surface area contributed by atoms with Crippen LogP contribution in [-0.2, 0) is 0 Å². The third kappa shape index (κ3) is 1.83. The number of halogens is 1. The molecular formula is C10H8BrNO4. The maximum atomic E-state index is 10.9. The zero-order chi connectivity index (χ0) is 11.7. The van der Waals surface area contributed by atoms with E-state index in [0.717, 1.165) is 4.47 Å². The molecule has 0 spiro atoms. The van der Waals surface area contributed by atoms with Gasteiger partial charge in [-0.3, -0.25) is 4.98 Å². The molecule has 0 saturated heterocycles. The molecule has 0 unspecified atom stereocenters. The van der Waals surface area contributed by atoms with E-state index in [1.165, 1.54) is 7.11 Å². The maximum Gasteiger partial charge on any atom is 0.419 e. The van der Waals surface area contributed by atoms with Crippen LogP contribution in [-0.4, -0.2) is 17.2 Å². The van der Waals surface area contributed by atoms with E-state index in [2.05, 4.69) is 20.9 Å². The van der Waals surface area contributed by atoms with E-state index in [1.54, 1.807) is 18.2 Å². The van der Waals surface area contributed by atoms with E-state index in [4.69, 9.17) is 9.15 Å². The summed E-state index contributed by atoms with van der Waals surface area (Å²) in [6, 6.07) is 5.17. The summed E-state index contributed by atoms with van der Waals surface area (Å²) in [6.45, 7) is 0. The van der Waals surface area contributed by atoms with Crippen LogP contribution in [0.2, 0.25) is 0 Å². The number of aromatic amines is 1. The minimum absolute atomic E-state index is 0.0585. The van der Waals surface area contributed by atoms with Crippen molar-refractivity contribution in [1.82, 2.24) is 4.98 Å². The van der Waals surface area contributed by atoms with Gasteiger partial charge in [-0.25, -0.2) is 4.79 Å². The number of ether oxygens (including phenoxy) is 1. The van der Waals surface area contributed by atoms with Crippen LogP contribution in [0.1, 0.15) is 0 Å². The average Bonchev–Trinajstić information content (AvgIpc) is 2.57. The molecule has 0 aliphatic rings. The molecule has 0 aliphatic carbocycles. The highest BCUT2D eigenvalue weighted by atomic mass is 79.9. The van der Waals surface area contributed by atoms with Crippen LogP contribution in [0.5, 0.6) is 11.6 Å². The van der Waals surface area contributed by atoms with Crippen LogP contribution in [0.25, 0.3) is 11.3 Å². The van der Waals surface area contributed by atoms with E-state index in [1.807, 2.05) is 0 Å². The first-order valence-corrected chi connectivity index (χ1v) is 5.17. The van der Waals surface area contributed by atoms with Gasteiger partial charge in [-0.15, -0.1) is 0 Å². The maximum absolute atomic E-state index is 10.9. The average molecular weight is 286 g/mol. The highest BCUT2D eigenvalue weighted by molar-refractivity contribution is 9.10. The van der Waals surface area contributed by atoms with Crippen molar-refractivity contribution in [3.63, 3.8) is 0 Å². The third-order valence-corrected chi connectivity index (χ3v) is 2.53. The lowest BCUT2D eigenvalue weighted by atomic mass is 10.1. The number of hydrogen-bond acceptors (Lipinski definition) is 4. The van der Waals surface area contributed by atoms with Crippen molar-refractivity contribution in [2.24, 2.45) is 0 Å². The lowest BCUT2D eigenvalue weighted by molar-refractivity contribution is 0.412. The minimum Gasteiger partial charge on any atom is -0.496 e. The fraction of sp³-hybridized carbons (Fsp3) is 0.100. The van der Waals surface area contributed by atoms with Crippen LogP contribution in [0.4, 0.5) is 0 Å². The van der Waals surface area contributed by atoms with Crippen molar-refractivity contribution in [2.75, 3.05) is 7.11 Å². The summed E-state index contributed by atoms with van der Waals surface area (Å²) >= 11 is 3.29. The van der Waals surface area contributed by atoms with E-state index in [-0.39, 0.29) is 11.6 Å². The molecule has 1 aromatic carbocycles. The second kappa shape index (κ2) is 4.05. The van der Waals surface area contributed by atoms with Gasteiger partial charge in [0.2, 0.25) is 11.6 Å². The predicted molar refractivity (Wildman–Crippen MR) is 60.7 cm³/mol. The molecule has 84 valence electrons. The minimum atomic E-state index is -0.713. The Labute approximate surface area is 98.8 Å². The molecule has 0 aliphatic heterocycles. The Morgan fingerprint density at radius 2 is 2.25 bits per heavy atom. The number of aromatic hydroxyl groups is 1. The van der Waals surface area contributed by atoms with E-state index < -0.39 is 5.76 Å². The number of hydrogen-bond donors (Lipinski definition) is 2. The molecule has 0 saturated carbocycles. The van der Waals surface area contributed by atoms with Crippen molar-refractivity contribution in [3.05, 3.63) is 33.2 Å². The molecule has 6 heteroatoms. The molecule has 0 radical (unpaired) electrons.